The fourth-order valence-corrected chi connectivity index (χ4v) is 4.89. The van der Waals surface area contributed by atoms with Gasteiger partial charge in [0.1, 0.15) is 6.61 Å². The molecule has 0 fully saturated rings. The summed E-state index contributed by atoms with van der Waals surface area (Å²) in [5.41, 5.74) is 7.49. The second-order valence-electron chi connectivity index (χ2n) is 10.3. The Morgan fingerprint density at radius 3 is 1.73 bits per heavy atom. The average Bonchev–Trinajstić information content (AvgIpc) is 2.90. The second kappa shape index (κ2) is 12.4. The summed E-state index contributed by atoms with van der Waals surface area (Å²) in [6.07, 6.45) is 0. The van der Waals surface area contributed by atoms with Crippen molar-refractivity contribution in [3.05, 3.63) is 141 Å². The van der Waals surface area contributed by atoms with Crippen LogP contribution in [0, 0.1) is 27.7 Å². The fraction of sp³-hybridized carbons (Fsp3) is 0.206. The number of nitrogens with zero attached hydrogens (tertiary/aromatic N) is 1. The summed E-state index contributed by atoms with van der Waals surface area (Å²) in [5.74, 6) is -1.88. The molecule has 0 radical (unpaired) electrons. The Morgan fingerprint density at radius 2 is 1.15 bits per heavy atom. The molecule has 0 unspecified atom stereocenters. The first-order chi connectivity index (χ1) is 19.1. The first-order valence-electron chi connectivity index (χ1n) is 13.1. The molecule has 4 rings (SSSR count). The number of hydrogen-bond donors (Lipinski definition) is 1. The number of carboxylic acid groups (broad SMARTS) is 1. The Hall–Kier alpha value is -4.71. The molecule has 40 heavy (non-hydrogen) atoms. The number of carboxylic acids is 1. The van der Waals surface area contributed by atoms with Gasteiger partial charge in [-0.15, -0.1) is 0 Å². The van der Waals surface area contributed by atoms with Gasteiger partial charge in [-0.1, -0.05) is 82.9 Å². The molecule has 0 heterocycles. The number of hydrogen-bond acceptors (Lipinski definition) is 4. The van der Waals surface area contributed by atoms with Crippen molar-refractivity contribution in [1.29, 1.82) is 0 Å². The van der Waals surface area contributed by atoms with Crippen molar-refractivity contribution in [1.82, 2.24) is 4.90 Å². The molecular formula is C34H33NO5. The van der Waals surface area contributed by atoms with Crippen LogP contribution in [-0.4, -0.2) is 27.9 Å². The minimum Gasteiger partial charge on any atom is -0.478 e. The van der Waals surface area contributed by atoms with Crippen LogP contribution in [-0.2, 0) is 24.4 Å². The van der Waals surface area contributed by atoms with Gasteiger partial charge in [-0.2, -0.15) is 0 Å². The molecule has 0 spiro atoms. The average molecular weight is 536 g/mol. The van der Waals surface area contributed by atoms with Crippen molar-refractivity contribution < 1.29 is 24.2 Å². The summed E-state index contributed by atoms with van der Waals surface area (Å²) >= 11 is 0. The molecule has 0 bridgehead atoms. The summed E-state index contributed by atoms with van der Waals surface area (Å²) in [5, 5.41) is 9.66. The van der Waals surface area contributed by atoms with Gasteiger partial charge in [0.05, 0.1) is 16.7 Å². The van der Waals surface area contributed by atoms with E-state index in [2.05, 4.69) is 6.07 Å². The summed E-state index contributed by atoms with van der Waals surface area (Å²) in [6.45, 7) is 8.63. The molecule has 0 atom stereocenters. The highest BCUT2D eigenvalue weighted by Gasteiger charge is 2.22. The van der Waals surface area contributed by atoms with Gasteiger partial charge in [-0.05, 0) is 68.7 Å². The molecule has 6 heteroatoms. The maximum atomic E-state index is 13.7. The van der Waals surface area contributed by atoms with E-state index in [0.717, 1.165) is 38.9 Å². The summed E-state index contributed by atoms with van der Waals surface area (Å²) < 4.78 is 5.52. The van der Waals surface area contributed by atoms with Crippen molar-refractivity contribution in [3.8, 4) is 0 Å². The lowest BCUT2D eigenvalue weighted by atomic mass is 10.0. The molecule has 6 nitrogen and oxygen atoms in total. The van der Waals surface area contributed by atoms with E-state index in [1.165, 1.54) is 6.07 Å². The number of benzene rings is 4. The van der Waals surface area contributed by atoms with Crippen molar-refractivity contribution in [2.75, 3.05) is 0 Å². The number of ether oxygens (including phenoxy) is 1. The van der Waals surface area contributed by atoms with Gasteiger partial charge < -0.3 is 14.7 Å². The molecule has 4 aromatic carbocycles. The lowest BCUT2D eigenvalue weighted by Gasteiger charge is -2.24. The Labute approximate surface area is 234 Å². The van der Waals surface area contributed by atoms with E-state index in [-0.39, 0.29) is 36.2 Å². The highest BCUT2D eigenvalue weighted by molar-refractivity contribution is 6.04. The maximum Gasteiger partial charge on any atom is 0.338 e. The summed E-state index contributed by atoms with van der Waals surface area (Å²) in [6, 6.07) is 25.6. The van der Waals surface area contributed by atoms with Crippen LogP contribution in [0.5, 0.6) is 0 Å². The Balaban J connectivity index is 1.52. The topological polar surface area (TPSA) is 83.9 Å². The minimum atomic E-state index is -1.14. The molecule has 0 saturated carbocycles. The molecule has 0 aliphatic rings. The second-order valence-corrected chi connectivity index (χ2v) is 10.3. The van der Waals surface area contributed by atoms with Crippen LogP contribution in [0.15, 0.2) is 84.9 Å². The van der Waals surface area contributed by atoms with E-state index in [1.54, 1.807) is 23.1 Å². The van der Waals surface area contributed by atoms with Crippen molar-refractivity contribution in [3.63, 3.8) is 0 Å². The van der Waals surface area contributed by atoms with Gasteiger partial charge in [0.15, 0.2) is 0 Å². The van der Waals surface area contributed by atoms with Crippen LogP contribution in [0.1, 0.15) is 70.0 Å². The molecule has 0 aliphatic carbocycles. The lowest BCUT2D eigenvalue weighted by molar-refractivity contribution is 0.0472. The molecule has 0 aromatic heterocycles. The van der Waals surface area contributed by atoms with Gasteiger partial charge in [-0.25, -0.2) is 9.59 Å². The van der Waals surface area contributed by atoms with E-state index in [1.807, 2.05) is 82.3 Å². The smallest absolute Gasteiger partial charge is 0.338 e. The van der Waals surface area contributed by atoms with Gasteiger partial charge in [0.2, 0.25) is 0 Å². The third kappa shape index (κ3) is 7.23. The van der Waals surface area contributed by atoms with Gasteiger partial charge in [-0.3, -0.25) is 4.79 Å². The maximum absolute atomic E-state index is 13.7. The van der Waals surface area contributed by atoms with Crippen LogP contribution < -0.4 is 0 Å². The molecule has 1 amide bonds. The molecule has 0 aliphatic heterocycles. The number of esters is 1. The zero-order valence-electron chi connectivity index (χ0n) is 23.2. The number of carbonyl (C=O) groups excluding carboxylic acids is 2. The van der Waals surface area contributed by atoms with Crippen LogP contribution in [0.25, 0.3) is 0 Å². The number of aromatic carboxylic acids is 1. The number of amides is 1. The number of aryl methyl sites for hydroxylation is 4. The lowest BCUT2D eigenvalue weighted by Crippen LogP contribution is -2.31. The largest absolute Gasteiger partial charge is 0.478 e. The Bertz CT molecular complexity index is 1510. The molecule has 4 aromatic rings. The van der Waals surface area contributed by atoms with Gasteiger partial charge in [0.25, 0.3) is 5.91 Å². The van der Waals surface area contributed by atoms with Crippen molar-refractivity contribution >= 4 is 17.8 Å². The monoisotopic (exact) mass is 535 g/mol. The molecular weight excluding hydrogens is 502 g/mol. The molecule has 1 N–H and O–H groups in total. The zero-order chi connectivity index (χ0) is 28.8. The Morgan fingerprint density at radius 1 is 0.650 bits per heavy atom. The Kier molecular flexibility index (Phi) is 8.80. The first-order valence-corrected chi connectivity index (χ1v) is 13.1. The van der Waals surface area contributed by atoms with E-state index in [9.17, 15) is 19.5 Å². The van der Waals surface area contributed by atoms with Crippen LogP contribution in [0.3, 0.4) is 0 Å². The number of carbonyl (C=O) groups is 3. The summed E-state index contributed by atoms with van der Waals surface area (Å²) in [4.78, 5) is 39.7. The van der Waals surface area contributed by atoms with E-state index in [0.29, 0.717) is 12.1 Å². The highest BCUT2D eigenvalue weighted by atomic mass is 16.5. The molecule has 0 saturated heterocycles. The quantitative estimate of drug-likeness (QED) is 0.238. The van der Waals surface area contributed by atoms with Crippen LogP contribution >= 0.6 is 0 Å². The third-order valence-corrected chi connectivity index (χ3v) is 6.55. The fourth-order valence-electron chi connectivity index (χ4n) is 4.89. The van der Waals surface area contributed by atoms with Crippen molar-refractivity contribution in [2.24, 2.45) is 0 Å². The minimum absolute atomic E-state index is 0.0288. The summed E-state index contributed by atoms with van der Waals surface area (Å²) in [7, 11) is 0. The standard InChI is InChI=1S/C34H33NO5/c1-22-13-23(2)16-28(15-22)20-35(32(36)30-7-5-6-8-31(30)33(37)38)19-26-9-11-27(12-10-26)21-40-34(39)29-17-24(3)14-25(4)18-29/h5-18H,19-21H2,1-4H3,(H,37,38). The predicted octanol–water partition coefficient (Wildman–Crippen LogP) is 6.82. The van der Waals surface area contributed by atoms with Gasteiger partial charge in [0, 0.05) is 13.1 Å². The first kappa shape index (κ1) is 28.3. The van der Waals surface area contributed by atoms with Gasteiger partial charge >= 0.3 is 11.9 Å². The van der Waals surface area contributed by atoms with E-state index >= 15 is 0 Å². The number of rotatable bonds is 9. The third-order valence-electron chi connectivity index (χ3n) is 6.55. The predicted molar refractivity (Wildman–Crippen MR) is 154 cm³/mol. The highest BCUT2D eigenvalue weighted by Crippen LogP contribution is 2.20. The van der Waals surface area contributed by atoms with E-state index < -0.39 is 5.97 Å². The van der Waals surface area contributed by atoms with E-state index in [4.69, 9.17) is 4.74 Å². The molecule has 204 valence electrons. The van der Waals surface area contributed by atoms with Crippen LogP contribution in [0.4, 0.5) is 0 Å². The van der Waals surface area contributed by atoms with Crippen molar-refractivity contribution in [2.45, 2.75) is 47.4 Å². The zero-order valence-corrected chi connectivity index (χ0v) is 23.2. The van der Waals surface area contributed by atoms with Crippen LogP contribution in [0.2, 0.25) is 0 Å². The SMILES string of the molecule is Cc1cc(C)cc(CN(Cc2ccc(COC(=O)c3cc(C)cc(C)c3)cc2)C(=O)c2ccccc2C(=O)O)c1. The normalized spacial score (nSPS) is 10.7.